The van der Waals surface area contributed by atoms with Crippen molar-refractivity contribution in [3.8, 4) is 5.75 Å². The lowest BCUT2D eigenvalue weighted by atomic mass is 9.89. The quantitative estimate of drug-likeness (QED) is 0.750. The van der Waals surface area contributed by atoms with E-state index in [9.17, 15) is 0 Å². The van der Waals surface area contributed by atoms with Gasteiger partial charge in [0, 0.05) is 38.1 Å². The predicted molar refractivity (Wildman–Crippen MR) is 111 cm³/mol. The third-order valence-electron chi connectivity index (χ3n) is 6.02. The summed E-state index contributed by atoms with van der Waals surface area (Å²) in [5, 5.41) is 0. The van der Waals surface area contributed by atoms with Gasteiger partial charge in [-0.1, -0.05) is 12.1 Å². The van der Waals surface area contributed by atoms with Gasteiger partial charge in [0.25, 0.3) is 0 Å². The Balaban J connectivity index is 0.00000131. The summed E-state index contributed by atoms with van der Waals surface area (Å²) in [5.41, 5.74) is 1.42. The number of nitrogens with zero attached hydrogens (tertiary/aromatic N) is 2. The zero-order valence-corrected chi connectivity index (χ0v) is 17.8. The maximum atomic E-state index is 5.67. The molecule has 3 aliphatic rings. The van der Waals surface area contributed by atoms with Crippen molar-refractivity contribution in [1.82, 2.24) is 9.80 Å². The van der Waals surface area contributed by atoms with Gasteiger partial charge in [-0.05, 0) is 36.6 Å². The Hall–Kier alpha value is -0.560. The van der Waals surface area contributed by atoms with Gasteiger partial charge in [-0.25, -0.2) is 0 Å². The molecule has 1 aromatic carbocycles. The van der Waals surface area contributed by atoms with E-state index >= 15 is 0 Å². The smallest absolute Gasteiger partial charge is 0.118 e. The minimum atomic E-state index is 0. The van der Waals surface area contributed by atoms with E-state index in [1.807, 2.05) is 0 Å². The van der Waals surface area contributed by atoms with Gasteiger partial charge in [0.05, 0.1) is 33.5 Å². The van der Waals surface area contributed by atoms with E-state index in [0.29, 0.717) is 17.9 Å². The van der Waals surface area contributed by atoms with E-state index in [0.717, 1.165) is 44.6 Å². The second-order valence-electron chi connectivity index (χ2n) is 7.82. The van der Waals surface area contributed by atoms with Gasteiger partial charge >= 0.3 is 0 Å². The molecule has 0 unspecified atom stereocenters. The first-order chi connectivity index (χ1) is 12.2. The summed E-state index contributed by atoms with van der Waals surface area (Å²) in [6, 6.07) is 9.16. The van der Waals surface area contributed by atoms with Gasteiger partial charge < -0.3 is 19.1 Å². The highest BCUT2D eigenvalue weighted by molar-refractivity contribution is 5.85. The van der Waals surface area contributed by atoms with Crippen LogP contribution in [0, 0.1) is 17.8 Å². The normalized spacial score (nSPS) is 29.5. The van der Waals surface area contributed by atoms with Crippen LogP contribution in [-0.2, 0) is 9.47 Å². The molecule has 3 atom stereocenters. The van der Waals surface area contributed by atoms with Gasteiger partial charge in [-0.15, -0.1) is 24.8 Å². The number of likely N-dealkylation sites (tertiary alicyclic amines) is 2. The second kappa shape index (κ2) is 10.3. The lowest BCUT2D eigenvalue weighted by Crippen LogP contribution is -2.34. The fraction of sp³-hybridized carbons (Fsp3) is 0.700. The molecule has 0 amide bonds. The van der Waals surface area contributed by atoms with Crippen LogP contribution in [0.25, 0.3) is 0 Å². The third kappa shape index (κ3) is 5.08. The average molecular weight is 419 g/mol. The van der Waals surface area contributed by atoms with E-state index in [2.05, 4.69) is 41.1 Å². The van der Waals surface area contributed by atoms with Crippen molar-refractivity contribution in [3.05, 3.63) is 29.8 Å². The highest BCUT2D eigenvalue weighted by atomic mass is 35.5. The Morgan fingerprint density at radius 2 is 1.67 bits per heavy atom. The molecule has 3 aliphatic heterocycles. The van der Waals surface area contributed by atoms with Crippen LogP contribution in [0.2, 0.25) is 0 Å². The van der Waals surface area contributed by atoms with Crippen molar-refractivity contribution in [2.45, 2.75) is 6.04 Å². The number of methoxy groups -OCH3 is 1. The Labute approximate surface area is 175 Å². The Morgan fingerprint density at radius 3 is 2.30 bits per heavy atom. The van der Waals surface area contributed by atoms with Crippen LogP contribution >= 0.6 is 24.8 Å². The first-order valence-corrected chi connectivity index (χ1v) is 9.46. The van der Waals surface area contributed by atoms with E-state index < -0.39 is 0 Å². The summed E-state index contributed by atoms with van der Waals surface area (Å²) >= 11 is 0. The molecule has 0 radical (unpaired) electrons. The van der Waals surface area contributed by atoms with Crippen LogP contribution in [0.3, 0.4) is 0 Å². The standard InChI is InChI=1S/C20H30N2O3.2ClH/c1-21-10-17-11-22(9-15-13-24-7-8-25-14-15)12-19(17)20(21)16-3-5-18(23-2)6-4-16;;/h3-6,15,17,19-20H,7-14H2,1-2H3;2*1H/t17-,19+,20+;;/m0../s1. The Bertz CT molecular complexity index is 567. The van der Waals surface area contributed by atoms with Crippen LogP contribution in [0.1, 0.15) is 11.6 Å². The van der Waals surface area contributed by atoms with Crippen molar-refractivity contribution >= 4 is 24.8 Å². The summed E-state index contributed by atoms with van der Waals surface area (Å²) in [4.78, 5) is 5.17. The highest BCUT2D eigenvalue weighted by Crippen LogP contribution is 2.44. The average Bonchev–Trinajstić information content (AvgIpc) is 3.00. The SMILES string of the molecule is COc1ccc([C@@H]2[C@@H]3CN(CC4COCCOC4)C[C@@H]3CN2C)cc1.Cl.Cl. The molecular formula is C20H32Cl2N2O3. The first kappa shape index (κ1) is 22.7. The predicted octanol–water partition coefficient (Wildman–Crippen LogP) is 2.74. The Kier molecular flexibility index (Phi) is 8.66. The minimum Gasteiger partial charge on any atom is -0.497 e. The lowest BCUT2D eigenvalue weighted by molar-refractivity contribution is 0.103. The van der Waals surface area contributed by atoms with Gasteiger partial charge in [-0.2, -0.15) is 0 Å². The molecule has 154 valence electrons. The molecule has 4 rings (SSSR count). The zero-order chi connectivity index (χ0) is 17.2. The summed E-state index contributed by atoms with van der Waals surface area (Å²) < 4.78 is 16.6. The molecule has 0 saturated carbocycles. The Morgan fingerprint density at radius 1 is 1.00 bits per heavy atom. The van der Waals surface area contributed by atoms with Crippen molar-refractivity contribution in [2.75, 3.05) is 66.8 Å². The summed E-state index contributed by atoms with van der Waals surface area (Å²) in [6.45, 7) is 7.85. The van der Waals surface area contributed by atoms with Gasteiger partial charge in [0.15, 0.2) is 0 Å². The largest absolute Gasteiger partial charge is 0.497 e. The fourth-order valence-electron chi connectivity index (χ4n) is 4.94. The van der Waals surface area contributed by atoms with Gasteiger partial charge in [0.1, 0.15) is 5.75 Å². The first-order valence-electron chi connectivity index (χ1n) is 9.46. The fourth-order valence-corrected chi connectivity index (χ4v) is 4.94. The molecule has 3 saturated heterocycles. The minimum absolute atomic E-state index is 0. The molecule has 0 spiro atoms. The number of benzene rings is 1. The topological polar surface area (TPSA) is 34.2 Å². The van der Waals surface area contributed by atoms with E-state index in [1.165, 1.54) is 25.2 Å². The van der Waals surface area contributed by atoms with Crippen molar-refractivity contribution in [2.24, 2.45) is 17.8 Å². The molecule has 3 fully saturated rings. The van der Waals surface area contributed by atoms with Crippen LogP contribution in [0.4, 0.5) is 0 Å². The van der Waals surface area contributed by atoms with E-state index in [1.54, 1.807) is 7.11 Å². The van der Waals surface area contributed by atoms with Crippen LogP contribution in [0.5, 0.6) is 5.75 Å². The van der Waals surface area contributed by atoms with Crippen molar-refractivity contribution in [1.29, 1.82) is 0 Å². The number of fused-ring (bicyclic) bond motifs is 1. The number of rotatable bonds is 4. The maximum absolute atomic E-state index is 5.67. The van der Waals surface area contributed by atoms with Crippen LogP contribution in [0.15, 0.2) is 24.3 Å². The molecular weight excluding hydrogens is 387 g/mol. The number of halogens is 2. The number of hydrogen-bond donors (Lipinski definition) is 0. The second-order valence-corrected chi connectivity index (χ2v) is 7.82. The van der Waals surface area contributed by atoms with E-state index in [4.69, 9.17) is 14.2 Å². The summed E-state index contributed by atoms with van der Waals surface area (Å²) in [5.74, 6) is 2.93. The van der Waals surface area contributed by atoms with Crippen LogP contribution < -0.4 is 4.74 Å². The molecule has 0 aliphatic carbocycles. The number of hydrogen-bond acceptors (Lipinski definition) is 5. The highest BCUT2D eigenvalue weighted by Gasteiger charge is 2.46. The monoisotopic (exact) mass is 418 g/mol. The summed E-state index contributed by atoms with van der Waals surface area (Å²) in [6.07, 6.45) is 0. The van der Waals surface area contributed by atoms with E-state index in [-0.39, 0.29) is 24.8 Å². The molecule has 0 bridgehead atoms. The molecule has 27 heavy (non-hydrogen) atoms. The molecule has 3 heterocycles. The number of ether oxygens (including phenoxy) is 3. The zero-order valence-electron chi connectivity index (χ0n) is 16.2. The van der Waals surface area contributed by atoms with Crippen LogP contribution in [-0.4, -0.2) is 76.6 Å². The molecule has 7 heteroatoms. The van der Waals surface area contributed by atoms with Crippen molar-refractivity contribution < 1.29 is 14.2 Å². The molecule has 0 aromatic heterocycles. The van der Waals surface area contributed by atoms with Gasteiger partial charge in [0.2, 0.25) is 0 Å². The molecule has 5 nitrogen and oxygen atoms in total. The summed E-state index contributed by atoms with van der Waals surface area (Å²) in [7, 11) is 3.99. The third-order valence-corrected chi connectivity index (χ3v) is 6.02. The lowest BCUT2D eigenvalue weighted by Gasteiger charge is -2.28. The van der Waals surface area contributed by atoms with Crippen molar-refractivity contribution in [3.63, 3.8) is 0 Å². The molecule has 1 aromatic rings. The maximum Gasteiger partial charge on any atom is 0.118 e. The molecule has 0 N–H and O–H groups in total. The van der Waals surface area contributed by atoms with Gasteiger partial charge in [-0.3, -0.25) is 4.90 Å².